The molecule has 0 saturated carbocycles. The Hall–Kier alpha value is -3.42. The first-order chi connectivity index (χ1) is 17.6. The van der Waals surface area contributed by atoms with Gasteiger partial charge in [0.15, 0.2) is 5.82 Å². The third kappa shape index (κ3) is 8.30. The molecule has 196 valence electrons. The second-order valence-corrected chi connectivity index (χ2v) is 8.94. The summed E-state index contributed by atoms with van der Waals surface area (Å²) in [4.78, 5) is 26.0. The molecule has 0 bridgehead atoms. The summed E-state index contributed by atoms with van der Waals surface area (Å²) < 4.78 is 14.6. The van der Waals surface area contributed by atoms with Crippen molar-refractivity contribution in [1.29, 1.82) is 0 Å². The molecule has 3 aromatic rings. The Morgan fingerprint density at radius 3 is 2.49 bits per heavy atom. The van der Waals surface area contributed by atoms with E-state index in [2.05, 4.69) is 15.0 Å². The van der Waals surface area contributed by atoms with Crippen molar-refractivity contribution in [1.82, 2.24) is 14.5 Å². The number of aliphatic hydroxyl groups is 1. The minimum absolute atomic E-state index is 0.139. The van der Waals surface area contributed by atoms with Gasteiger partial charge in [0.05, 0.1) is 11.4 Å². The van der Waals surface area contributed by atoms with E-state index in [0.29, 0.717) is 29.9 Å². The van der Waals surface area contributed by atoms with Gasteiger partial charge in [-0.3, -0.25) is 14.4 Å². The average molecular weight is 525 g/mol. The molecule has 0 amide bonds. The van der Waals surface area contributed by atoms with Crippen LogP contribution in [-0.4, -0.2) is 25.4 Å². The molecule has 0 aliphatic rings. The fourth-order valence-electron chi connectivity index (χ4n) is 3.38. The average Bonchev–Trinajstić information content (AvgIpc) is 2.88. The van der Waals surface area contributed by atoms with Crippen LogP contribution in [-0.2, 0) is 18.4 Å². The number of aromatic nitrogens is 3. The molecule has 8 heteroatoms. The first-order valence-corrected chi connectivity index (χ1v) is 12.6. The SMILES string of the molecule is C/C=C/N=C(/C=C/n1c(C)cc(CCc2ccc(F)cc2)c(Cl)c1=O)c1ccnc(C(C)(C)O)n1.CC. The fourth-order valence-corrected chi connectivity index (χ4v) is 3.62. The largest absolute Gasteiger partial charge is 0.382 e. The summed E-state index contributed by atoms with van der Waals surface area (Å²) in [5, 5.41) is 10.4. The lowest BCUT2D eigenvalue weighted by atomic mass is 10.0. The van der Waals surface area contributed by atoms with Gasteiger partial charge in [0.2, 0.25) is 0 Å². The zero-order valence-corrected chi connectivity index (χ0v) is 22.9. The molecule has 37 heavy (non-hydrogen) atoms. The summed E-state index contributed by atoms with van der Waals surface area (Å²) in [5.41, 5.74) is 1.83. The van der Waals surface area contributed by atoms with Gasteiger partial charge in [-0.05, 0) is 82.0 Å². The highest BCUT2D eigenvalue weighted by Crippen LogP contribution is 2.18. The summed E-state index contributed by atoms with van der Waals surface area (Å²) in [6, 6.07) is 9.84. The number of hydrogen-bond acceptors (Lipinski definition) is 5. The quantitative estimate of drug-likeness (QED) is 0.352. The molecule has 0 saturated heterocycles. The van der Waals surface area contributed by atoms with Crippen LogP contribution in [0.4, 0.5) is 4.39 Å². The van der Waals surface area contributed by atoms with Gasteiger partial charge in [-0.15, -0.1) is 0 Å². The molecule has 2 heterocycles. The Morgan fingerprint density at radius 2 is 1.86 bits per heavy atom. The van der Waals surface area contributed by atoms with Crippen LogP contribution >= 0.6 is 11.6 Å². The highest BCUT2D eigenvalue weighted by molar-refractivity contribution is 6.31. The maximum absolute atomic E-state index is 13.1. The molecule has 3 rings (SSSR count). The monoisotopic (exact) mass is 524 g/mol. The van der Waals surface area contributed by atoms with Crippen molar-refractivity contribution in [2.75, 3.05) is 0 Å². The van der Waals surface area contributed by atoms with Crippen molar-refractivity contribution in [2.45, 2.75) is 60.0 Å². The predicted octanol–water partition coefficient (Wildman–Crippen LogP) is 6.27. The van der Waals surface area contributed by atoms with E-state index in [1.807, 2.05) is 33.8 Å². The molecule has 0 unspecified atom stereocenters. The summed E-state index contributed by atoms with van der Waals surface area (Å²) in [6.45, 7) is 10.9. The van der Waals surface area contributed by atoms with Gasteiger partial charge in [0.1, 0.15) is 16.4 Å². The summed E-state index contributed by atoms with van der Waals surface area (Å²) in [6.07, 6.45) is 9.40. The summed E-state index contributed by atoms with van der Waals surface area (Å²) in [5.74, 6) is -0.0221. The molecule has 0 aliphatic heterocycles. The van der Waals surface area contributed by atoms with E-state index in [-0.39, 0.29) is 22.2 Å². The van der Waals surface area contributed by atoms with E-state index in [1.54, 1.807) is 62.8 Å². The number of aliphatic imine (C=N–C) groups is 1. The number of benzene rings is 1. The van der Waals surface area contributed by atoms with Crippen LogP contribution in [0.15, 0.2) is 70.7 Å². The van der Waals surface area contributed by atoms with E-state index in [0.717, 1.165) is 11.1 Å². The third-order valence-corrected chi connectivity index (χ3v) is 5.66. The zero-order chi connectivity index (χ0) is 27.6. The van der Waals surface area contributed by atoms with Crippen LogP contribution in [0.2, 0.25) is 5.02 Å². The van der Waals surface area contributed by atoms with Crippen LogP contribution in [0.5, 0.6) is 0 Å². The van der Waals surface area contributed by atoms with Crippen LogP contribution in [0.3, 0.4) is 0 Å². The van der Waals surface area contributed by atoms with Gasteiger partial charge >= 0.3 is 0 Å². The Bertz CT molecular complexity index is 1340. The van der Waals surface area contributed by atoms with Crippen LogP contribution in [0, 0.1) is 12.7 Å². The minimum atomic E-state index is -1.21. The topological polar surface area (TPSA) is 80.4 Å². The van der Waals surface area contributed by atoms with Gasteiger partial charge in [0, 0.05) is 24.3 Å². The molecule has 0 aliphatic carbocycles. The maximum Gasteiger partial charge on any atom is 0.273 e. The van der Waals surface area contributed by atoms with Gasteiger partial charge in [-0.25, -0.2) is 14.4 Å². The van der Waals surface area contributed by atoms with E-state index in [1.165, 1.54) is 16.7 Å². The van der Waals surface area contributed by atoms with E-state index >= 15 is 0 Å². The Morgan fingerprint density at radius 1 is 1.19 bits per heavy atom. The van der Waals surface area contributed by atoms with Crippen molar-refractivity contribution in [2.24, 2.45) is 4.99 Å². The van der Waals surface area contributed by atoms with Crippen LogP contribution in [0.25, 0.3) is 6.20 Å². The molecule has 1 aromatic carbocycles. The molecule has 0 radical (unpaired) electrons. The van der Waals surface area contributed by atoms with E-state index in [9.17, 15) is 14.3 Å². The Balaban J connectivity index is 0.00000235. The fraction of sp³-hybridized carbons (Fsp3) is 0.310. The number of hydrogen-bond donors (Lipinski definition) is 1. The molecule has 1 N–H and O–H groups in total. The second kappa shape index (κ2) is 13.8. The number of halogens is 2. The van der Waals surface area contributed by atoms with Gasteiger partial charge in [-0.2, -0.15) is 0 Å². The van der Waals surface area contributed by atoms with Crippen LogP contribution in [0.1, 0.15) is 63.0 Å². The van der Waals surface area contributed by atoms with Gasteiger partial charge < -0.3 is 5.11 Å². The molecule has 6 nitrogen and oxygen atoms in total. The minimum Gasteiger partial charge on any atom is -0.382 e. The standard InChI is InChI=1S/C27H28ClFN4O2.C2H6/c1-5-14-30-22(23-12-15-31-26(32-23)27(3,4)35)13-16-33-18(2)17-20(24(28)25(33)34)9-6-19-7-10-21(29)11-8-19;1-2/h5,7-8,10-17,35H,6,9H2,1-4H3;1-2H3/b14-5+,16-13+,30-22-;. The summed E-state index contributed by atoms with van der Waals surface area (Å²) >= 11 is 6.43. The zero-order valence-electron chi connectivity index (χ0n) is 22.2. The molecule has 0 spiro atoms. The predicted molar refractivity (Wildman–Crippen MR) is 150 cm³/mol. The molecular weight excluding hydrogens is 491 g/mol. The van der Waals surface area contributed by atoms with Crippen molar-refractivity contribution in [3.05, 3.63) is 110 Å². The molecule has 0 atom stereocenters. The highest BCUT2D eigenvalue weighted by Gasteiger charge is 2.20. The molecule has 2 aromatic heterocycles. The first-order valence-electron chi connectivity index (χ1n) is 12.2. The Kier molecular flexibility index (Phi) is 11.1. The highest BCUT2D eigenvalue weighted by atomic mass is 35.5. The lowest BCUT2D eigenvalue weighted by Crippen LogP contribution is -2.21. The lowest BCUT2D eigenvalue weighted by molar-refractivity contribution is 0.0686. The number of pyridine rings is 1. The number of nitrogens with zero attached hydrogens (tertiary/aromatic N) is 4. The number of allylic oxidation sites excluding steroid dienone is 2. The van der Waals surface area contributed by atoms with Crippen LogP contribution < -0.4 is 5.56 Å². The van der Waals surface area contributed by atoms with E-state index in [4.69, 9.17) is 11.6 Å². The third-order valence-electron chi connectivity index (χ3n) is 5.26. The van der Waals surface area contributed by atoms with Crippen molar-refractivity contribution < 1.29 is 9.50 Å². The van der Waals surface area contributed by atoms with Gasteiger partial charge in [0.25, 0.3) is 5.56 Å². The summed E-state index contributed by atoms with van der Waals surface area (Å²) in [7, 11) is 0. The smallest absolute Gasteiger partial charge is 0.273 e. The number of aryl methyl sites for hydroxylation is 3. The van der Waals surface area contributed by atoms with Crippen molar-refractivity contribution in [3.63, 3.8) is 0 Å². The lowest BCUT2D eigenvalue weighted by Gasteiger charge is -2.15. The maximum atomic E-state index is 13.1. The normalized spacial score (nSPS) is 12.2. The first kappa shape index (κ1) is 29.8. The number of rotatable bonds is 8. The van der Waals surface area contributed by atoms with E-state index < -0.39 is 5.60 Å². The van der Waals surface area contributed by atoms with Crippen molar-refractivity contribution in [3.8, 4) is 0 Å². The Labute approximate surface area is 222 Å². The van der Waals surface area contributed by atoms with Gasteiger partial charge in [-0.1, -0.05) is 43.7 Å². The second-order valence-electron chi connectivity index (χ2n) is 8.56. The molecule has 0 fully saturated rings. The molecular formula is C29H34ClFN4O2. The van der Waals surface area contributed by atoms with Crippen molar-refractivity contribution >= 4 is 23.5 Å².